The molecule has 1 fully saturated rings. The third-order valence-electron chi connectivity index (χ3n) is 6.28. The Morgan fingerprint density at radius 2 is 1.71 bits per heavy atom. The van der Waals surface area contributed by atoms with Gasteiger partial charge in [-0.2, -0.15) is 5.10 Å². The highest BCUT2D eigenvalue weighted by Crippen LogP contribution is 2.27. The van der Waals surface area contributed by atoms with Crippen LogP contribution < -0.4 is 0 Å². The van der Waals surface area contributed by atoms with Crippen molar-refractivity contribution in [3.8, 4) is 16.9 Å². The Balaban J connectivity index is 1.33. The zero-order valence-corrected chi connectivity index (χ0v) is 19.6. The Kier molecular flexibility index (Phi) is 6.39. The van der Waals surface area contributed by atoms with Gasteiger partial charge in [-0.1, -0.05) is 54.6 Å². The minimum atomic E-state index is -0.361. The maximum Gasteiger partial charge on any atom is 0.228 e. The first-order valence-corrected chi connectivity index (χ1v) is 11.7. The Bertz CT molecular complexity index is 1310. The third-order valence-corrected chi connectivity index (χ3v) is 6.28. The van der Waals surface area contributed by atoms with Crippen molar-refractivity contribution in [3.05, 3.63) is 103 Å². The van der Waals surface area contributed by atoms with E-state index in [0.717, 1.165) is 28.2 Å². The maximum atomic E-state index is 13.3. The van der Waals surface area contributed by atoms with Gasteiger partial charge in [0.2, 0.25) is 11.8 Å². The van der Waals surface area contributed by atoms with Crippen LogP contribution in [0.15, 0.2) is 91.3 Å². The van der Waals surface area contributed by atoms with Crippen molar-refractivity contribution < 1.29 is 9.59 Å². The predicted molar refractivity (Wildman–Crippen MR) is 133 cm³/mol. The number of nitrogens with zero attached hydrogens (tertiary/aromatic N) is 5. The van der Waals surface area contributed by atoms with E-state index in [0.29, 0.717) is 19.6 Å². The number of likely N-dealkylation sites (tertiary alicyclic amines) is 1. The van der Waals surface area contributed by atoms with Gasteiger partial charge >= 0.3 is 0 Å². The number of amides is 2. The van der Waals surface area contributed by atoms with Crippen molar-refractivity contribution in [2.75, 3.05) is 13.6 Å². The van der Waals surface area contributed by atoms with E-state index in [1.807, 2.05) is 89.7 Å². The molecule has 5 rings (SSSR count). The van der Waals surface area contributed by atoms with Crippen LogP contribution in [0.25, 0.3) is 16.9 Å². The maximum absolute atomic E-state index is 13.3. The summed E-state index contributed by atoms with van der Waals surface area (Å²) in [6.45, 7) is 1.24. The summed E-state index contributed by atoms with van der Waals surface area (Å²) in [5, 5.41) is 4.84. The van der Waals surface area contributed by atoms with Crippen molar-refractivity contribution in [1.29, 1.82) is 0 Å². The normalized spacial score (nSPS) is 15.4. The van der Waals surface area contributed by atoms with E-state index < -0.39 is 0 Å². The highest BCUT2D eigenvalue weighted by molar-refractivity contribution is 5.89. The smallest absolute Gasteiger partial charge is 0.228 e. The molecular formula is C28H27N5O2. The van der Waals surface area contributed by atoms with Crippen LogP contribution in [0.3, 0.4) is 0 Å². The van der Waals surface area contributed by atoms with Crippen molar-refractivity contribution in [2.45, 2.75) is 19.5 Å². The molecule has 2 aromatic carbocycles. The Hall–Kier alpha value is -4.26. The van der Waals surface area contributed by atoms with E-state index in [9.17, 15) is 9.59 Å². The molecule has 7 nitrogen and oxygen atoms in total. The first-order valence-electron chi connectivity index (χ1n) is 11.7. The third kappa shape index (κ3) is 4.99. The van der Waals surface area contributed by atoms with Crippen LogP contribution in [-0.2, 0) is 22.7 Å². The van der Waals surface area contributed by atoms with Gasteiger partial charge in [0, 0.05) is 50.1 Å². The van der Waals surface area contributed by atoms with Gasteiger partial charge in [-0.05, 0) is 24.3 Å². The van der Waals surface area contributed by atoms with Crippen molar-refractivity contribution in [1.82, 2.24) is 24.6 Å². The molecule has 0 N–H and O–H groups in total. The number of rotatable bonds is 7. The monoisotopic (exact) mass is 465 g/mol. The molecule has 0 bridgehead atoms. The minimum Gasteiger partial charge on any atom is -0.341 e. The Labute approximate surface area is 204 Å². The molecule has 4 aromatic rings. The number of hydrogen-bond acceptors (Lipinski definition) is 4. The lowest BCUT2D eigenvalue weighted by atomic mass is 10.1. The Morgan fingerprint density at radius 3 is 2.43 bits per heavy atom. The van der Waals surface area contributed by atoms with Crippen LogP contribution in [-0.4, -0.2) is 50.0 Å². The van der Waals surface area contributed by atoms with Crippen molar-refractivity contribution in [3.63, 3.8) is 0 Å². The van der Waals surface area contributed by atoms with Gasteiger partial charge in [0.05, 0.1) is 29.5 Å². The number of pyridine rings is 1. The molecule has 1 atom stereocenters. The summed E-state index contributed by atoms with van der Waals surface area (Å²) in [5.41, 5.74) is 4.56. The fourth-order valence-electron chi connectivity index (χ4n) is 4.50. The summed E-state index contributed by atoms with van der Waals surface area (Å²) < 4.78 is 1.85. The number of carbonyl (C=O) groups is 2. The highest BCUT2D eigenvalue weighted by Gasteiger charge is 2.36. The van der Waals surface area contributed by atoms with Crippen LogP contribution in [0.1, 0.15) is 17.7 Å². The SMILES string of the molecule is CN(Cc1cn(-c2ccccc2)nc1-c1ccccc1)C(=O)C1CC(=O)N(Cc2ccccn2)C1. The molecule has 1 aliphatic heterocycles. The number of para-hydroxylation sites is 1. The molecule has 1 unspecified atom stereocenters. The van der Waals surface area contributed by atoms with E-state index in [1.165, 1.54) is 0 Å². The average Bonchev–Trinajstić information content (AvgIpc) is 3.48. The van der Waals surface area contributed by atoms with Gasteiger partial charge < -0.3 is 9.80 Å². The van der Waals surface area contributed by atoms with E-state index in [4.69, 9.17) is 5.10 Å². The van der Waals surface area contributed by atoms with Crippen molar-refractivity contribution >= 4 is 11.8 Å². The summed E-state index contributed by atoms with van der Waals surface area (Å²) in [6.07, 6.45) is 3.92. The second kappa shape index (κ2) is 9.93. The first-order chi connectivity index (χ1) is 17.1. The van der Waals surface area contributed by atoms with E-state index in [1.54, 1.807) is 23.0 Å². The standard InChI is InChI=1S/C28H27N5O2/c1-31(28(35)22-16-26(34)32(18-22)20-24-12-8-9-15-29-24)17-23-19-33(25-13-6-3-7-14-25)30-27(23)21-10-4-2-5-11-21/h2-15,19,22H,16-18,20H2,1H3. The fraction of sp³-hybridized carbons (Fsp3) is 0.214. The van der Waals surface area contributed by atoms with Gasteiger partial charge in [-0.15, -0.1) is 0 Å². The Morgan fingerprint density at radius 1 is 1.00 bits per heavy atom. The van der Waals surface area contributed by atoms with Gasteiger partial charge in [-0.25, -0.2) is 4.68 Å². The molecule has 2 aromatic heterocycles. The lowest BCUT2D eigenvalue weighted by molar-refractivity contribution is -0.135. The van der Waals surface area contributed by atoms with Gasteiger partial charge in [0.25, 0.3) is 0 Å². The summed E-state index contributed by atoms with van der Waals surface area (Å²) in [5.74, 6) is -0.404. The summed E-state index contributed by atoms with van der Waals surface area (Å²) in [7, 11) is 1.79. The van der Waals surface area contributed by atoms with Crippen LogP contribution in [0.5, 0.6) is 0 Å². The molecule has 1 saturated heterocycles. The molecule has 0 saturated carbocycles. The summed E-state index contributed by atoms with van der Waals surface area (Å²) >= 11 is 0. The number of hydrogen-bond donors (Lipinski definition) is 0. The van der Waals surface area contributed by atoms with Gasteiger partial charge in [0.1, 0.15) is 0 Å². The van der Waals surface area contributed by atoms with Crippen LogP contribution >= 0.6 is 0 Å². The summed E-state index contributed by atoms with van der Waals surface area (Å²) in [4.78, 5) is 33.6. The fourth-order valence-corrected chi connectivity index (χ4v) is 4.50. The van der Waals surface area contributed by atoms with Crippen molar-refractivity contribution in [2.24, 2.45) is 5.92 Å². The lowest BCUT2D eigenvalue weighted by Gasteiger charge is -2.21. The molecule has 7 heteroatoms. The average molecular weight is 466 g/mol. The van der Waals surface area contributed by atoms with E-state index >= 15 is 0 Å². The molecule has 35 heavy (non-hydrogen) atoms. The second-order valence-corrected chi connectivity index (χ2v) is 8.84. The van der Waals surface area contributed by atoms with Crippen LogP contribution in [0.2, 0.25) is 0 Å². The number of benzene rings is 2. The summed E-state index contributed by atoms with van der Waals surface area (Å²) in [6, 6.07) is 25.5. The highest BCUT2D eigenvalue weighted by atomic mass is 16.2. The van der Waals surface area contributed by atoms with E-state index in [2.05, 4.69) is 4.98 Å². The zero-order valence-electron chi connectivity index (χ0n) is 19.6. The molecule has 0 radical (unpaired) electrons. The molecule has 176 valence electrons. The largest absolute Gasteiger partial charge is 0.341 e. The van der Waals surface area contributed by atoms with Crippen LogP contribution in [0.4, 0.5) is 0 Å². The second-order valence-electron chi connectivity index (χ2n) is 8.84. The molecule has 1 aliphatic rings. The number of aromatic nitrogens is 3. The molecule has 0 aliphatic carbocycles. The molecule has 3 heterocycles. The molecular weight excluding hydrogens is 438 g/mol. The first kappa shape index (κ1) is 22.5. The number of carbonyl (C=O) groups excluding carboxylic acids is 2. The molecule has 2 amide bonds. The van der Waals surface area contributed by atoms with Crippen LogP contribution in [0, 0.1) is 5.92 Å². The zero-order chi connectivity index (χ0) is 24.2. The molecule has 0 spiro atoms. The predicted octanol–water partition coefficient (Wildman–Crippen LogP) is 3.94. The lowest BCUT2D eigenvalue weighted by Crippen LogP contribution is -2.34. The minimum absolute atomic E-state index is 0.00993. The van der Waals surface area contributed by atoms with E-state index in [-0.39, 0.29) is 24.2 Å². The van der Waals surface area contributed by atoms with Gasteiger partial charge in [-0.3, -0.25) is 14.6 Å². The van der Waals surface area contributed by atoms with Gasteiger partial charge in [0.15, 0.2) is 0 Å². The quantitative estimate of drug-likeness (QED) is 0.415. The topological polar surface area (TPSA) is 71.3 Å².